The van der Waals surface area contributed by atoms with Crippen molar-refractivity contribution in [3.8, 4) is 0 Å². The Hall–Kier alpha value is -2.35. The molecule has 1 aromatic carbocycles. The third-order valence-electron chi connectivity index (χ3n) is 3.05. The number of nitrogens with zero attached hydrogens (tertiary/aromatic N) is 1. The minimum absolute atomic E-state index is 0.0895. The van der Waals surface area contributed by atoms with Crippen molar-refractivity contribution in [3.05, 3.63) is 46.2 Å². The highest BCUT2D eigenvalue weighted by atomic mass is 19.4. The van der Waals surface area contributed by atoms with Crippen LogP contribution < -0.4 is 11.3 Å². The number of hydrogen-bond acceptors (Lipinski definition) is 3. The van der Waals surface area contributed by atoms with Gasteiger partial charge in [-0.1, -0.05) is 18.2 Å². The number of benzene rings is 1. The molecule has 23 heavy (non-hydrogen) atoms. The van der Waals surface area contributed by atoms with Crippen LogP contribution in [0.1, 0.15) is 12.5 Å². The van der Waals surface area contributed by atoms with Crippen molar-refractivity contribution >= 4 is 16.9 Å². The molecular weight excluding hydrogens is 313 g/mol. The van der Waals surface area contributed by atoms with Crippen LogP contribution in [0.3, 0.4) is 0 Å². The summed E-state index contributed by atoms with van der Waals surface area (Å²) in [6.45, 7) is 3.19. The Balaban J connectivity index is 0.000000322. The van der Waals surface area contributed by atoms with Crippen molar-refractivity contribution in [2.75, 3.05) is 6.54 Å². The number of hydrogen-bond donors (Lipinski definition) is 2. The molecule has 0 saturated heterocycles. The van der Waals surface area contributed by atoms with Crippen LogP contribution in [0.2, 0.25) is 0 Å². The fourth-order valence-electron chi connectivity index (χ4n) is 2.04. The monoisotopic (exact) mass is 330 g/mol. The molecule has 2 rings (SSSR count). The zero-order chi connectivity index (χ0) is 17.6. The number of carbonyl (C=O) groups is 1. The molecule has 0 aliphatic rings. The fourth-order valence-corrected chi connectivity index (χ4v) is 2.04. The second-order valence-electron chi connectivity index (χ2n) is 4.62. The van der Waals surface area contributed by atoms with Gasteiger partial charge in [0.05, 0.1) is 5.52 Å². The van der Waals surface area contributed by atoms with Crippen molar-refractivity contribution in [1.29, 1.82) is 0 Å². The average molecular weight is 330 g/mol. The highest BCUT2D eigenvalue weighted by molar-refractivity contribution is 5.79. The Bertz CT molecular complexity index is 739. The molecule has 0 amide bonds. The lowest BCUT2D eigenvalue weighted by atomic mass is 10.1. The summed E-state index contributed by atoms with van der Waals surface area (Å²) in [7, 11) is 0. The molecule has 3 N–H and O–H groups in total. The number of carboxylic acids is 1. The minimum atomic E-state index is -5.08. The molecule has 0 fully saturated rings. The number of halogens is 3. The second kappa shape index (κ2) is 7.77. The van der Waals surface area contributed by atoms with Gasteiger partial charge in [-0.3, -0.25) is 4.79 Å². The summed E-state index contributed by atoms with van der Waals surface area (Å²) in [6, 6.07) is 9.90. The van der Waals surface area contributed by atoms with E-state index in [0.717, 1.165) is 16.5 Å². The number of carboxylic acid groups (broad SMARTS) is 1. The molecule has 0 atom stereocenters. The SMILES string of the molecule is CCn1c(=O)c(CCN)cc2ccccc21.O=C(O)C(F)(F)F. The number of nitrogens with two attached hydrogens (primary N) is 1. The van der Waals surface area contributed by atoms with Gasteiger partial charge in [-0.2, -0.15) is 13.2 Å². The number of rotatable bonds is 3. The molecule has 0 aliphatic carbocycles. The molecular formula is C15H17F3N2O3. The number of para-hydroxylation sites is 1. The van der Waals surface area contributed by atoms with E-state index in [0.29, 0.717) is 19.5 Å². The number of pyridine rings is 1. The summed E-state index contributed by atoms with van der Waals surface area (Å²) in [6.07, 6.45) is -4.44. The average Bonchev–Trinajstić information content (AvgIpc) is 2.48. The lowest BCUT2D eigenvalue weighted by Gasteiger charge is -2.10. The van der Waals surface area contributed by atoms with Gasteiger partial charge in [0.25, 0.3) is 5.56 Å². The summed E-state index contributed by atoms with van der Waals surface area (Å²) >= 11 is 0. The zero-order valence-electron chi connectivity index (χ0n) is 12.4. The van der Waals surface area contributed by atoms with Crippen molar-refractivity contribution < 1.29 is 23.1 Å². The molecule has 8 heteroatoms. The second-order valence-corrected chi connectivity index (χ2v) is 4.62. The minimum Gasteiger partial charge on any atom is -0.475 e. The Kier molecular flexibility index (Phi) is 6.32. The van der Waals surface area contributed by atoms with E-state index < -0.39 is 12.1 Å². The van der Waals surface area contributed by atoms with Gasteiger partial charge in [0.1, 0.15) is 0 Å². The number of aliphatic carboxylic acids is 1. The highest BCUT2D eigenvalue weighted by Gasteiger charge is 2.38. The van der Waals surface area contributed by atoms with Gasteiger partial charge in [0, 0.05) is 12.1 Å². The summed E-state index contributed by atoms with van der Waals surface area (Å²) in [5.41, 5.74) is 7.41. The van der Waals surface area contributed by atoms with Gasteiger partial charge < -0.3 is 15.4 Å². The van der Waals surface area contributed by atoms with Crippen LogP contribution in [0.25, 0.3) is 10.9 Å². The maximum absolute atomic E-state index is 12.1. The first-order valence-corrected chi connectivity index (χ1v) is 6.84. The summed E-state index contributed by atoms with van der Waals surface area (Å²) < 4.78 is 33.5. The van der Waals surface area contributed by atoms with E-state index in [-0.39, 0.29) is 5.56 Å². The lowest BCUT2D eigenvalue weighted by molar-refractivity contribution is -0.192. The maximum Gasteiger partial charge on any atom is 0.490 e. The smallest absolute Gasteiger partial charge is 0.475 e. The van der Waals surface area contributed by atoms with Gasteiger partial charge in [0.15, 0.2) is 0 Å². The fraction of sp³-hybridized carbons (Fsp3) is 0.333. The Labute approximate surface area is 130 Å². The zero-order valence-corrected chi connectivity index (χ0v) is 12.4. The Morgan fingerprint density at radius 2 is 1.87 bits per heavy atom. The van der Waals surface area contributed by atoms with Gasteiger partial charge in [-0.05, 0) is 37.4 Å². The van der Waals surface area contributed by atoms with Crippen molar-refractivity contribution in [3.63, 3.8) is 0 Å². The number of fused-ring (bicyclic) bond motifs is 1. The molecule has 5 nitrogen and oxygen atoms in total. The Morgan fingerprint density at radius 3 is 2.35 bits per heavy atom. The van der Waals surface area contributed by atoms with E-state index in [1.807, 2.05) is 37.3 Å². The van der Waals surface area contributed by atoms with Crippen LogP contribution >= 0.6 is 0 Å². The Morgan fingerprint density at radius 1 is 1.30 bits per heavy atom. The van der Waals surface area contributed by atoms with E-state index in [9.17, 15) is 18.0 Å². The molecule has 0 spiro atoms. The predicted molar refractivity (Wildman–Crippen MR) is 80.3 cm³/mol. The van der Waals surface area contributed by atoms with Crippen LogP contribution in [0.15, 0.2) is 35.1 Å². The number of alkyl halides is 3. The molecule has 1 aromatic heterocycles. The van der Waals surface area contributed by atoms with Gasteiger partial charge >= 0.3 is 12.1 Å². The summed E-state index contributed by atoms with van der Waals surface area (Å²) in [4.78, 5) is 21.0. The molecule has 2 aromatic rings. The first-order valence-electron chi connectivity index (χ1n) is 6.84. The topological polar surface area (TPSA) is 85.3 Å². The van der Waals surface area contributed by atoms with Crippen LogP contribution in [0.5, 0.6) is 0 Å². The normalized spacial score (nSPS) is 11.0. The first kappa shape index (κ1) is 18.7. The van der Waals surface area contributed by atoms with Gasteiger partial charge in [-0.15, -0.1) is 0 Å². The van der Waals surface area contributed by atoms with Crippen LogP contribution in [0, 0.1) is 0 Å². The van der Waals surface area contributed by atoms with Gasteiger partial charge in [0.2, 0.25) is 0 Å². The molecule has 126 valence electrons. The largest absolute Gasteiger partial charge is 0.490 e. The number of aromatic nitrogens is 1. The maximum atomic E-state index is 12.1. The van der Waals surface area contributed by atoms with E-state index in [2.05, 4.69) is 0 Å². The first-order chi connectivity index (χ1) is 10.7. The van der Waals surface area contributed by atoms with Crippen LogP contribution in [-0.2, 0) is 17.8 Å². The third-order valence-corrected chi connectivity index (χ3v) is 3.05. The van der Waals surface area contributed by atoms with Crippen LogP contribution in [-0.4, -0.2) is 28.4 Å². The molecule has 0 unspecified atom stereocenters. The molecule has 0 saturated carbocycles. The van der Waals surface area contributed by atoms with Gasteiger partial charge in [-0.25, -0.2) is 4.79 Å². The van der Waals surface area contributed by atoms with Crippen LogP contribution in [0.4, 0.5) is 13.2 Å². The quantitative estimate of drug-likeness (QED) is 0.903. The molecule has 0 radical (unpaired) electrons. The van der Waals surface area contributed by atoms with E-state index >= 15 is 0 Å². The molecule has 1 heterocycles. The number of aryl methyl sites for hydroxylation is 1. The highest BCUT2D eigenvalue weighted by Crippen LogP contribution is 2.14. The van der Waals surface area contributed by atoms with Crippen molar-refractivity contribution in [2.24, 2.45) is 5.73 Å². The van der Waals surface area contributed by atoms with Crippen molar-refractivity contribution in [2.45, 2.75) is 26.1 Å². The molecule has 0 aliphatic heterocycles. The van der Waals surface area contributed by atoms with Crippen molar-refractivity contribution in [1.82, 2.24) is 4.57 Å². The molecule has 0 bridgehead atoms. The summed E-state index contributed by atoms with van der Waals surface area (Å²) in [5, 5.41) is 8.23. The third kappa shape index (κ3) is 4.82. The van der Waals surface area contributed by atoms with E-state index in [4.69, 9.17) is 15.6 Å². The van der Waals surface area contributed by atoms with E-state index in [1.54, 1.807) is 4.57 Å². The lowest BCUT2D eigenvalue weighted by Crippen LogP contribution is -2.24. The standard InChI is InChI=1S/C13H16N2O.C2HF3O2/c1-2-15-12-6-4-3-5-10(12)9-11(7-8-14)13(15)16;3-2(4,5)1(6)7/h3-6,9H,2,7-8,14H2,1H3;(H,6,7). The predicted octanol–water partition coefficient (Wildman–Crippen LogP) is 2.16. The van der Waals surface area contributed by atoms with E-state index in [1.165, 1.54) is 0 Å². The summed E-state index contributed by atoms with van der Waals surface area (Å²) in [5.74, 6) is -2.76.